The zero-order valence-corrected chi connectivity index (χ0v) is 14.5. The van der Waals surface area contributed by atoms with Crippen LogP contribution in [0.25, 0.3) is 0 Å². The van der Waals surface area contributed by atoms with Gasteiger partial charge in [0, 0.05) is 13.6 Å². The molecule has 0 radical (unpaired) electrons. The summed E-state index contributed by atoms with van der Waals surface area (Å²) in [5.41, 5.74) is 2.50. The number of hydrogen-bond donors (Lipinski definition) is 1. The predicted molar refractivity (Wildman–Crippen MR) is 90.5 cm³/mol. The molecule has 1 N–H and O–H groups in total. The minimum atomic E-state index is -0.130. The van der Waals surface area contributed by atoms with Gasteiger partial charge in [-0.05, 0) is 36.1 Å². The monoisotopic (exact) mass is 315 g/mol. The normalized spacial score (nSPS) is 11.3. The average Bonchev–Trinajstić information content (AvgIpc) is 2.81. The lowest BCUT2D eigenvalue weighted by atomic mass is 9.99. The summed E-state index contributed by atoms with van der Waals surface area (Å²) in [5.74, 6) is 0.692. The van der Waals surface area contributed by atoms with Crippen LogP contribution in [0.2, 0.25) is 0 Å². The number of ether oxygens (including phenoxy) is 1. The van der Waals surface area contributed by atoms with E-state index in [-0.39, 0.29) is 11.3 Å². The maximum Gasteiger partial charge on any atom is 0.269 e. The Bertz CT molecular complexity index is 684. The second-order valence-corrected chi connectivity index (χ2v) is 6.97. The number of aryl methyl sites for hydroxylation is 2. The smallest absolute Gasteiger partial charge is 0.269 e. The molecule has 5 nitrogen and oxygen atoms in total. The van der Waals surface area contributed by atoms with E-state index < -0.39 is 0 Å². The summed E-state index contributed by atoms with van der Waals surface area (Å²) in [7, 11) is 1.77. The molecule has 1 heterocycles. The van der Waals surface area contributed by atoms with E-state index >= 15 is 0 Å². The number of hydrogen-bond acceptors (Lipinski definition) is 3. The summed E-state index contributed by atoms with van der Waals surface area (Å²) in [6, 6.07) is 9.58. The van der Waals surface area contributed by atoms with Crippen molar-refractivity contribution in [2.45, 2.75) is 34.2 Å². The Morgan fingerprint density at radius 1 is 1.30 bits per heavy atom. The predicted octanol–water partition coefficient (Wildman–Crippen LogP) is 3.08. The van der Waals surface area contributed by atoms with Gasteiger partial charge in [-0.1, -0.05) is 32.9 Å². The van der Waals surface area contributed by atoms with Gasteiger partial charge in [0.25, 0.3) is 5.91 Å². The highest BCUT2D eigenvalue weighted by Gasteiger charge is 2.12. The fraction of sp³-hybridized carbons (Fsp3) is 0.444. The number of nitrogens with zero attached hydrogens (tertiary/aromatic N) is 2. The van der Waals surface area contributed by atoms with Crippen molar-refractivity contribution in [1.29, 1.82) is 0 Å². The van der Waals surface area contributed by atoms with Crippen LogP contribution in [0.5, 0.6) is 5.75 Å². The number of aromatic nitrogens is 2. The van der Waals surface area contributed by atoms with Crippen LogP contribution < -0.4 is 10.1 Å². The Morgan fingerprint density at radius 2 is 2.04 bits per heavy atom. The lowest BCUT2D eigenvalue weighted by Crippen LogP contribution is -2.25. The molecule has 0 aliphatic carbocycles. The van der Waals surface area contributed by atoms with E-state index in [4.69, 9.17) is 4.74 Å². The molecule has 0 saturated heterocycles. The van der Waals surface area contributed by atoms with E-state index in [1.165, 1.54) is 0 Å². The Morgan fingerprint density at radius 3 is 2.65 bits per heavy atom. The molecule has 0 aliphatic heterocycles. The van der Waals surface area contributed by atoms with Crippen LogP contribution in [-0.4, -0.2) is 22.3 Å². The number of carbonyl (C=O) groups is 1. The van der Waals surface area contributed by atoms with Gasteiger partial charge in [0.2, 0.25) is 0 Å². The van der Waals surface area contributed by atoms with E-state index in [0.29, 0.717) is 18.8 Å². The minimum absolute atomic E-state index is 0.113. The minimum Gasteiger partial charge on any atom is -0.493 e. The number of amides is 1. The van der Waals surface area contributed by atoms with Gasteiger partial charge < -0.3 is 10.1 Å². The van der Waals surface area contributed by atoms with Crippen LogP contribution in [0.4, 0.5) is 0 Å². The van der Waals surface area contributed by atoms with Gasteiger partial charge in [0.15, 0.2) is 0 Å². The van der Waals surface area contributed by atoms with Gasteiger partial charge in [-0.3, -0.25) is 9.48 Å². The number of nitrogens with one attached hydrogen (secondary N) is 1. The molecule has 0 aliphatic rings. The van der Waals surface area contributed by atoms with Gasteiger partial charge in [-0.15, -0.1) is 0 Å². The molecule has 1 aromatic heterocycles. The fourth-order valence-corrected chi connectivity index (χ4v) is 2.14. The van der Waals surface area contributed by atoms with Crippen LogP contribution in [0.1, 0.15) is 42.5 Å². The van der Waals surface area contributed by atoms with Crippen LogP contribution >= 0.6 is 0 Å². The number of rotatable bonds is 5. The molecule has 1 amide bonds. The second kappa shape index (κ2) is 6.86. The van der Waals surface area contributed by atoms with E-state index in [9.17, 15) is 4.79 Å². The fourth-order valence-electron chi connectivity index (χ4n) is 2.14. The van der Waals surface area contributed by atoms with Crippen molar-refractivity contribution in [2.24, 2.45) is 12.5 Å². The molecule has 0 bridgehead atoms. The maximum absolute atomic E-state index is 12.2. The summed E-state index contributed by atoms with van der Waals surface area (Å²) in [6.45, 7) is 9.37. The third-order valence-electron chi connectivity index (χ3n) is 3.26. The third kappa shape index (κ3) is 5.13. The highest BCUT2D eigenvalue weighted by atomic mass is 16.5. The Kier molecular flexibility index (Phi) is 5.08. The zero-order chi connectivity index (χ0) is 17.0. The molecule has 5 heteroatoms. The first-order chi connectivity index (χ1) is 10.7. The van der Waals surface area contributed by atoms with Gasteiger partial charge >= 0.3 is 0 Å². The first-order valence-electron chi connectivity index (χ1n) is 7.75. The summed E-state index contributed by atoms with van der Waals surface area (Å²) in [5, 5.41) is 7.10. The quantitative estimate of drug-likeness (QED) is 0.922. The van der Waals surface area contributed by atoms with Crippen LogP contribution in [0.3, 0.4) is 0 Å². The molecule has 0 saturated carbocycles. The van der Waals surface area contributed by atoms with Crippen molar-refractivity contribution in [2.75, 3.05) is 6.61 Å². The topological polar surface area (TPSA) is 56.1 Å². The number of benzene rings is 1. The molecule has 2 rings (SSSR count). The highest BCUT2D eigenvalue weighted by Crippen LogP contribution is 2.18. The summed E-state index contributed by atoms with van der Waals surface area (Å²) in [6.07, 6.45) is 0. The SMILES string of the molecule is Cc1cc(C(=O)NCc2cccc(OCC(C)(C)C)c2)n(C)n1. The van der Waals surface area contributed by atoms with E-state index in [1.54, 1.807) is 17.8 Å². The lowest BCUT2D eigenvalue weighted by molar-refractivity contribution is 0.0941. The molecule has 0 atom stereocenters. The standard InChI is InChI=1S/C18H25N3O2/c1-13-9-16(21(5)20-13)17(22)19-11-14-7-6-8-15(10-14)23-12-18(2,3)4/h6-10H,11-12H2,1-5H3,(H,19,22). The van der Waals surface area contributed by atoms with Gasteiger partial charge in [0.05, 0.1) is 12.3 Å². The molecule has 2 aromatic rings. The van der Waals surface area contributed by atoms with Crippen molar-refractivity contribution in [1.82, 2.24) is 15.1 Å². The lowest BCUT2D eigenvalue weighted by Gasteiger charge is -2.19. The maximum atomic E-state index is 12.2. The van der Waals surface area contributed by atoms with Crippen molar-refractivity contribution in [3.8, 4) is 5.75 Å². The Hall–Kier alpha value is -2.30. The Balaban J connectivity index is 1.95. The first-order valence-corrected chi connectivity index (χ1v) is 7.75. The summed E-state index contributed by atoms with van der Waals surface area (Å²) >= 11 is 0. The van der Waals surface area contributed by atoms with E-state index in [2.05, 4.69) is 31.2 Å². The van der Waals surface area contributed by atoms with Crippen molar-refractivity contribution < 1.29 is 9.53 Å². The van der Waals surface area contributed by atoms with Crippen molar-refractivity contribution in [3.05, 3.63) is 47.3 Å². The van der Waals surface area contributed by atoms with Gasteiger partial charge in [0.1, 0.15) is 11.4 Å². The molecule has 124 valence electrons. The molecule has 0 unspecified atom stereocenters. The number of carbonyl (C=O) groups excluding carboxylic acids is 1. The molecule has 1 aromatic carbocycles. The molecule has 23 heavy (non-hydrogen) atoms. The average molecular weight is 315 g/mol. The highest BCUT2D eigenvalue weighted by molar-refractivity contribution is 5.92. The third-order valence-corrected chi connectivity index (χ3v) is 3.26. The van der Waals surface area contributed by atoms with Crippen molar-refractivity contribution in [3.63, 3.8) is 0 Å². The zero-order valence-electron chi connectivity index (χ0n) is 14.5. The first kappa shape index (κ1) is 17.1. The molecular formula is C18H25N3O2. The van der Waals surface area contributed by atoms with E-state index in [0.717, 1.165) is 17.0 Å². The van der Waals surface area contributed by atoms with Crippen molar-refractivity contribution >= 4 is 5.91 Å². The molecular weight excluding hydrogens is 290 g/mol. The molecule has 0 fully saturated rings. The second-order valence-electron chi connectivity index (χ2n) is 6.97. The van der Waals surface area contributed by atoms with E-state index in [1.807, 2.05) is 31.2 Å². The summed E-state index contributed by atoms with van der Waals surface area (Å²) < 4.78 is 7.39. The summed E-state index contributed by atoms with van der Waals surface area (Å²) in [4.78, 5) is 12.2. The van der Waals surface area contributed by atoms with Crippen LogP contribution in [-0.2, 0) is 13.6 Å². The Labute approximate surface area is 137 Å². The molecule has 0 spiro atoms. The van der Waals surface area contributed by atoms with Gasteiger partial charge in [-0.2, -0.15) is 5.10 Å². The van der Waals surface area contributed by atoms with Crippen LogP contribution in [0, 0.1) is 12.3 Å². The van der Waals surface area contributed by atoms with Gasteiger partial charge in [-0.25, -0.2) is 0 Å². The van der Waals surface area contributed by atoms with Crippen LogP contribution in [0.15, 0.2) is 30.3 Å². The largest absolute Gasteiger partial charge is 0.493 e.